The molecule has 2 saturated heterocycles. The van der Waals surface area contributed by atoms with Crippen molar-refractivity contribution in [2.24, 2.45) is 5.92 Å². The molecular weight excluding hydrogens is 320 g/mol. The van der Waals surface area contributed by atoms with E-state index < -0.39 is 11.8 Å². The average Bonchev–Trinajstić information content (AvgIpc) is 3.46. The van der Waals surface area contributed by atoms with Gasteiger partial charge in [0.05, 0.1) is 18.3 Å². The van der Waals surface area contributed by atoms with Crippen LogP contribution in [0.3, 0.4) is 0 Å². The molecule has 25 heavy (non-hydrogen) atoms. The van der Waals surface area contributed by atoms with Gasteiger partial charge in [-0.2, -0.15) is 0 Å². The molecule has 5 nitrogen and oxygen atoms in total. The van der Waals surface area contributed by atoms with Gasteiger partial charge >= 0.3 is 6.16 Å². The molecule has 0 spiro atoms. The van der Waals surface area contributed by atoms with Crippen LogP contribution < -0.4 is 0 Å². The van der Waals surface area contributed by atoms with E-state index in [1.807, 2.05) is 38.1 Å². The van der Waals surface area contributed by atoms with Crippen LogP contribution in [0, 0.1) is 5.92 Å². The highest BCUT2D eigenvalue weighted by atomic mass is 16.7. The van der Waals surface area contributed by atoms with Crippen molar-refractivity contribution in [3.8, 4) is 0 Å². The van der Waals surface area contributed by atoms with Gasteiger partial charge in [0.25, 0.3) is 0 Å². The lowest BCUT2D eigenvalue weighted by Gasteiger charge is -2.35. The van der Waals surface area contributed by atoms with Crippen molar-refractivity contribution < 1.29 is 23.7 Å². The van der Waals surface area contributed by atoms with Crippen LogP contribution in [-0.2, 0) is 25.6 Å². The Bertz CT molecular complexity index is 649. The Kier molecular flexibility index (Phi) is 4.04. The number of epoxide rings is 2. The Morgan fingerprint density at radius 2 is 2.04 bits per heavy atom. The summed E-state index contributed by atoms with van der Waals surface area (Å²) in [6.45, 7) is 7.11. The number of carbonyl (C=O) groups is 1. The first-order chi connectivity index (χ1) is 11.9. The molecule has 4 rings (SSSR count). The normalized spacial score (nSPS) is 33.3. The van der Waals surface area contributed by atoms with Gasteiger partial charge < -0.3 is 18.9 Å². The van der Waals surface area contributed by atoms with Crippen molar-refractivity contribution in [1.29, 1.82) is 0 Å². The highest BCUT2D eigenvalue weighted by Crippen LogP contribution is 2.51. The number of hydrogen-bond donors (Lipinski definition) is 0. The smallest absolute Gasteiger partial charge is 0.429 e. The first kappa shape index (κ1) is 16.9. The number of benzene rings is 1. The summed E-state index contributed by atoms with van der Waals surface area (Å²) in [5.74, 6) is 0.304. The van der Waals surface area contributed by atoms with Crippen LogP contribution >= 0.6 is 0 Å². The zero-order valence-electron chi connectivity index (χ0n) is 15.1. The molecule has 0 aromatic heterocycles. The second-order valence-corrected chi connectivity index (χ2v) is 8.20. The Hall–Kier alpha value is -1.59. The highest BCUT2D eigenvalue weighted by molar-refractivity contribution is 5.60. The fourth-order valence-electron chi connectivity index (χ4n) is 3.82. The number of rotatable bonds is 5. The molecule has 5 heteroatoms. The SMILES string of the molecule is CC(C)(OC(=O)OCc1ccc(C2CO2)cc1)C1CCC2(C)OC2C1. The molecule has 136 valence electrons. The maximum Gasteiger partial charge on any atom is 0.509 e. The number of hydrogen-bond acceptors (Lipinski definition) is 5. The van der Waals surface area contributed by atoms with E-state index in [9.17, 15) is 4.79 Å². The summed E-state index contributed by atoms with van der Waals surface area (Å²) in [4.78, 5) is 12.1. The molecule has 1 saturated carbocycles. The molecule has 3 aliphatic rings. The predicted molar refractivity (Wildman–Crippen MR) is 91.1 cm³/mol. The molecule has 3 fully saturated rings. The molecule has 0 amide bonds. The van der Waals surface area contributed by atoms with Crippen molar-refractivity contribution in [3.05, 3.63) is 35.4 Å². The fraction of sp³-hybridized carbons (Fsp3) is 0.650. The third-order valence-corrected chi connectivity index (χ3v) is 5.89. The van der Waals surface area contributed by atoms with Gasteiger partial charge in [-0.1, -0.05) is 24.3 Å². The summed E-state index contributed by atoms with van der Waals surface area (Å²) in [5.41, 5.74) is 1.64. The van der Waals surface area contributed by atoms with Gasteiger partial charge in [0.1, 0.15) is 18.3 Å². The minimum atomic E-state index is -0.607. The van der Waals surface area contributed by atoms with Crippen molar-refractivity contribution in [3.63, 3.8) is 0 Å². The predicted octanol–water partition coefficient (Wildman–Crippen LogP) is 4.15. The van der Waals surface area contributed by atoms with E-state index in [1.165, 1.54) is 5.56 Å². The monoisotopic (exact) mass is 346 g/mol. The molecule has 4 unspecified atom stereocenters. The molecule has 2 aliphatic heterocycles. The van der Waals surface area contributed by atoms with E-state index in [-0.39, 0.29) is 18.3 Å². The van der Waals surface area contributed by atoms with Gasteiger partial charge in [-0.15, -0.1) is 0 Å². The van der Waals surface area contributed by atoms with Crippen LogP contribution in [0.15, 0.2) is 24.3 Å². The Balaban J connectivity index is 1.26. The van der Waals surface area contributed by atoms with Crippen molar-refractivity contribution >= 4 is 6.16 Å². The number of carbonyl (C=O) groups excluding carboxylic acids is 1. The van der Waals surface area contributed by atoms with Crippen molar-refractivity contribution in [1.82, 2.24) is 0 Å². The van der Waals surface area contributed by atoms with E-state index in [2.05, 4.69) is 6.92 Å². The van der Waals surface area contributed by atoms with Crippen LogP contribution in [0.5, 0.6) is 0 Å². The van der Waals surface area contributed by atoms with Gasteiger partial charge in [-0.3, -0.25) is 0 Å². The Morgan fingerprint density at radius 1 is 1.32 bits per heavy atom. The van der Waals surface area contributed by atoms with E-state index >= 15 is 0 Å². The summed E-state index contributed by atoms with van der Waals surface area (Å²) < 4.78 is 21.9. The third-order valence-electron chi connectivity index (χ3n) is 5.89. The van der Waals surface area contributed by atoms with E-state index in [0.717, 1.165) is 31.4 Å². The molecule has 4 atom stereocenters. The zero-order chi connectivity index (χ0) is 17.7. The van der Waals surface area contributed by atoms with Crippen molar-refractivity contribution in [2.45, 2.75) is 70.1 Å². The first-order valence-electron chi connectivity index (χ1n) is 9.10. The van der Waals surface area contributed by atoms with Crippen LogP contribution in [0.2, 0.25) is 0 Å². The lowest BCUT2D eigenvalue weighted by Crippen LogP contribution is -2.40. The first-order valence-corrected chi connectivity index (χ1v) is 9.10. The Morgan fingerprint density at radius 3 is 2.68 bits per heavy atom. The summed E-state index contributed by atoms with van der Waals surface area (Å²) in [6.07, 6.45) is 2.94. The lowest BCUT2D eigenvalue weighted by molar-refractivity contribution is -0.0570. The van der Waals surface area contributed by atoms with Gasteiger partial charge in [-0.25, -0.2) is 4.79 Å². The van der Waals surface area contributed by atoms with Crippen LogP contribution in [0.1, 0.15) is 57.3 Å². The summed E-state index contributed by atoms with van der Waals surface area (Å²) in [5, 5.41) is 0. The minimum absolute atomic E-state index is 0.0742. The second-order valence-electron chi connectivity index (χ2n) is 8.20. The topological polar surface area (TPSA) is 60.6 Å². The van der Waals surface area contributed by atoms with Gasteiger partial charge in [-0.05, 0) is 51.2 Å². The molecule has 2 heterocycles. The lowest BCUT2D eigenvalue weighted by atomic mass is 9.75. The van der Waals surface area contributed by atoms with Crippen LogP contribution in [-0.4, -0.2) is 30.1 Å². The van der Waals surface area contributed by atoms with Gasteiger partial charge in [0.15, 0.2) is 0 Å². The molecular formula is C20H26O5. The van der Waals surface area contributed by atoms with Gasteiger partial charge in [0, 0.05) is 5.92 Å². The maximum absolute atomic E-state index is 12.1. The largest absolute Gasteiger partial charge is 0.509 e. The maximum atomic E-state index is 12.1. The second kappa shape index (κ2) is 5.99. The van der Waals surface area contributed by atoms with Crippen LogP contribution in [0.4, 0.5) is 4.79 Å². The minimum Gasteiger partial charge on any atom is -0.429 e. The summed E-state index contributed by atoms with van der Waals surface area (Å²) in [7, 11) is 0. The molecule has 1 aromatic carbocycles. The van der Waals surface area contributed by atoms with Gasteiger partial charge in [0.2, 0.25) is 0 Å². The van der Waals surface area contributed by atoms with E-state index in [0.29, 0.717) is 12.0 Å². The third kappa shape index (κ3) is 3.67. The molecule has 1 aliphatic carbocycles. The Labute approximate surface area is 148 Å². The molecule has 0 N–H and O–H groups in total. The number of fused-ring (bicyclic) bond motifs is 1. The highest BCUT2D eigenvalue weighted by Gasteiger charge is 2.57. The summed E-state index contributed by atoms with van der Waals surface area (Å²) in [6, 6.07) is 7.95. The standard InChI is InChI=1S/C20H26O5/c1-19(2,15-8-9-20(3)17(10-15)24-20)25-18(21)23-11-13-4-6-14(7-5-13)16-12-22-16/h4-7,15-17H,8-12H2,1-3H3. The van der Waals surface area contributed by atoms with Crippen LogP contribution in [0.25, 0.3) is 0 Å². The summed E-state index contributed by atoms with van der Waals surface area (Å²) >= 11 is 0. The quantitative estimate of drug-likeness (QED) is 0.592. The molecule has 0 radical (unpaired) electrons. The average molecular weight is 346 g/mol. The zero-order valence-corrected chi connectivity index (χ0v) is 15.1. The van der Waals surface area contributed by atoms with E-state index in [1.54, 1.807) is 0 Å². The van der Waals surface area contributed by atoms with Crippen molar-refractivity contribution in [2.75, 3.05) is 6.61 Å². The molecule has 1 aromatic rings. The molecule has 0 bridgehead atoms. The fourth-order valence-corrected chi connectivity index (χ4v) is 3.82. The number of ether oxygens (including phenoxy) is 4. The van der Waals surface area contributed by atoms with E-state index in [4.69, 9.17) is 18.9 Å².